The zero-order valence-corrected chi connectivity index (χ0v) is 12.1. The van der Waals surface area contributed by atoms with Crippen molar-refractivity contribution in [1.29, 1.82) is 0 Å². The minimum absolute atomic E-state index is 0.137. The van der Waals surface area contributed by atoms with Crippen molar-refractivity contribution in [2.45, 2.75) is 49.4 Å². The summed E-state index contributed by atoms with van der Waals surface area (Å²) >= 11 is 5.69. The van der Waals surface area contributed by atoms with Crippen LogP contribution in [0.25, 0.3) is 0 Å². The monoisotopic (exact) mass is 290 g/mol. The number of nitrogens with zero attached hydrogens (tertiary/aromatic N) is 1. The summed E-state index contributed by atoms with van der Waals surface area (Å²) < 4.78 is 26.7. The van der Waals surface area contributed by atoms with E-state index < -0.39 is 10.0 Å². The summed E-state index contributed by atoms with van der Waals surface area (Å²) in [6.45, 7) is 2.67. The number of halogens is 1. The SMILES string of the molecule is CCC1CCCCN1S(=O)(=O)c1c[nH]c(CCl)c1. The first-order chi connectivity index (χ1) is 8.59. The van der Waals surface area contributed by atoms with Crippen molar-refractivity contribution in [3.05, 3.63) is 18.0 Å². The number of alkyl halides is 1. The largest absolute Gasteiger partial charge is 0.363 e. The van der Waals surface area contributed by atoms with Crippen LogP contribution in [0.1, 0.15) is 38.3 Å². The van der Waals surface area contributed by atoms with Gasteiger partial charge in [0.05, 0.1) is 10.8 Å². The quantitative estimate of drug-likeness (QED) is 0.867. The molecule has 1 saturated heterocycles. The van der Waals surface area contributed by atoms with Gasteiger partial charge in [0.1, 0.15) is 0 Å². The second kappa shape index (κ2) is 5.63. The Labute approximate surface area is 113 Å². The fraction of sp³-hybridized carbons (Fsp3) is 0.667. The molecular weight excluding hydrogens is 272 g/mol. The van der Waals surface area contributed by atoms with E-state index in [2.05, 4.69) is 4.98 Å². The second-order valence-corrected chi connectivity index (χ2v) is 6.83. The van der Waals surface area contributed by atoms with Crippen LogP contribution in [0.3, 0.4) is 0 Å². The smallest absolute Gasteiger partial charge is 0.244 e. The lowest BCUT2D eigenvalue weighted by molar-refractivity contribution is 0.246. The van der Waals surface area contributed by atoms with E-state index in [4.69, 9.17) is 11.6 Å². The molecule has 0 spiro atoms. The lowest BCUT2D eigenvalue weighted by Gasteiger charge is -2.33. The Morgan fingerprint density at radius 1 is 1.50 bits per heavy atom. The molecule has 1 aliphatic heterocycles. The van der Waals surface area contributed by atoms with Crippen LogP contribution in [0, 0.1) is 0 Å². The van der Waals surface area contributed by atoms with Crippen molar-refractivity contribution in [3.8, 4) is 0 Å². The zero-order chi connectivity index (χ0) is 13.2. The first-order valence-electron chi connectivity index (χ1n) is 6.34. The molecule has 0 radical (unpaired) electrons. The number of aromatic nitrogens is 1. The highest BCUT2D eigenvalue weighted by molar-refractivity contribution is 7.89. The minimum atomic E-state index is -3.37. The number of aromatic amines is 1. The van der Waals surface area contributed by atoms with Gasteiger partial charge in [-0.25, -0.2) is 8.42 Å². The van der Waals surface area contributed by atoms with E-state index in [1.165, 1.54) is 6.20 Å². The van der Waals surface area contributed by atoms with Crippen LogP contribution >= 0.6 is 11.6 Å². The first-order valence-corrected chi connectivity index (χ1v) is 8.32. The van der Waals surface area contributed by atoms with Gasteiger partial charge in [-0.05, 0) is 25.3 Å². The standard InChI is InChI=1S/C12H19ClN2O2S/c1-2-11-5-3-4-6-15(11)18(16,17)12-7-10(8-13)14-9-12/h7,9,11,14H,2-6,8H2,1H3. The summed E-state index contributed by atoms with van der Waals surface area (Å²) in [4.78, 5) is 3.23. The van der Waals surface area contributed by atoms with Gasteiger partial charge in [-0.3, -0.25) is 0 Å². The van der Waals surface area contributed by atoms with E-state index in [9.17, 15) is 8.42 Å². The molecule has 0 saturated carbocycles. The number of nitrogens with one attached hydrogen (secondary N) is 1. The highest BCUT2D eigenvalue weighted by Crippen LogP contribution is 2.27. The zero-order valence-electron chi connectivity index (χ0n) is 10.5. The van der Waals surface area contributed by atoms with Crippen molar-refractivity contribution in [1.82, 2.24) is 9.29 Å². The van der Waals surface area contributed by atoms with Crippen LogP contribution in [0.15, 0.2) is 17.2 Å². The van der Waals surface area contributed by atoms with Crippen LogP contribution in [-0.4, -0.2) is 30.3 Å². The summed E-state index contributed by atoms with van der Waals surface area (Å²) in [5.74, 6) is 0.298. The van der Waals surface area contributed by atoms with Crippen molar-refractivity contribution < 1.29 is 8.42 Å². The van der Waals surface area contributed by atoms with Gasteiger partial charge >= 0.3 is 0 Å². The molecule has 2 heterocycles. The van der Waals surface area contributed by atoms with Crippen LogP contribution in [0.2, 0.25) is 0 Å². The maximum absolute atomic E-state index is 12.5. The normalized spacial score (nSPS) is 22.2. The number of hydrogen-bond acceptors (Lipinski definition) is 2. The van der Waals surface area contributed by atoms with Crippen LogP contribution in [0.5, 0.6) is 0 Å². The Kier molecular flexibility index (Phi) is 4.35. The summed E-state index contributed by atoms with van der Waals surface area (Å²) in [5.41, 5.74) is 0.736. The molecule has 1 aromatic rings. The molecule has 1 fully saturated rings. The molecule has 2 rings (SSSR count). The minimum Gasteiger partial charge on any atom is -0.363 e. The number of H-pyrrole nitrogens is 1. The Balaban J connectivity index is 2.28. The topological polar surface area (TPSA) is 53.2 Å². The third-order valence-electron chi connectivity index (χ3n) is 3.51. The van der Waals surface area contributed by atoms with Gasteiger partial charge in [-0.2, -0.15) is 4.31 Å². The third-order valence-corrected chi connectivity index (χ3v) is 5.73. The highest BCUT2D eigenvalue weighted by Gasteiger charge is 2.32. The van der Waals surface area contributed by atoms with Gasteiger partial charge in [-0.1, -0.05) is 13.3 Å². The van der Waals surface area contributed by atoms with Gasteiger partial charge in [0, 0.05) is 24.5 Å². The van der Waals surface area contributed by atoms with Gasteiger partial charge in [0.25, 0.3) is 0 Å². The molecule has 0 bridgehead atoms. The van der Waals surface area contributed by atoms with E-state index in [1.54, 1.807) is 10.4 Å². The molecule has 102 valence electrons. The molecule has 4 nitrogen and oxygen atoms in total. The predicted molar refractivity (Wildman–Crippen MR) is 72.2 cm³/mol. The lowest BCUT2D eigenvalue weighted by Crippen LogP contribution is -2.43. The number of sulfonamides is 1. The van der Waals surface area contributed by atoms with Crippen molar-refractivity contribution in [2.75, 3.05) is 6.54 Å². The Morgan fingerprint density at radius 2 is 2.28 bits per heavy atom. The van der Waals surface area contributed by atoms with Gasteiger partial charge in [0.2, 0.25) is 10.0 Å². The van der Waals surface area contributed by atoms with Crippen molar-refractivity contribution in [3.63, 3.8) is 0 Å². The summed E-state index contributed by atoms with van der Waals surface area (Å²) in [6.07, 6.45) is 5.43. The Morgan fingerprint density at radius 3 is 2.89 bits per heavy atom. The molecule has 1 atom stereocenters. The van der Waals surface area contributed by atoms with Crippen molar-refractivity contribution >= 4 is 21.6 Å². The van der Waals surface area contributed by atoms with E-state index in [1.807, 2.05) is 6.92 Å². The Bertz CT molecular complexity index is 498. The summed E-state index contributed by atoms with van der Waals surface area (Å²) in [7, 11) is -3.37. The van der Waals surface area contributed by atoms with Gasteiger partial charge in [0.15, 0.2) is 0 Å². The molecule has 1 aliphatic rings. The molecule has 1 N–H and O–H groups in total. The molecule has 6 heteroatoms. The fourth-order valence-electron chi connectivity index (χ4n) is 2.48. The van der Waals surface area contributed by atoms with E-state index in [0.717, 1.165) is 31.4 Å². The first kappa shape index (κ1) is 13.9. The maximum Gasteiger partial charge on any atom is 0.244 e. The lowest BCUT2D eigenvalue weighted by atomic mass is 10.0. The summed E-state index contributed by atoms with van der Waals surface area (Å²) in [5, 5.41) is 0. The van der Waals surface area contributed by atoms with E-state index in [-0.39, 0.29) is 6.04 Å². The maximum atomic E-state index is 12.5. The average Bonchev–Trinajstić information content (AvgIpc) is 2.88. The summed E-state index contributed by atoms with van der Waals surface area (Å²) in [6, 6.07) is 1.77. The molecule has 1 unspecified atom stereocenters. The number of piperidine rings is 1. The van der Waals surface area contributed by atoms with Crippen LogP contribution in [-0.2, 0) is 15.9 Å². The fourth-order valence-corrected chi connectivity index (χ4v) is 4.42. The van der Waals surface area contributed by atoms with Crippen LogP contribution in [0.4, 0.5) is 0 Å². The van der Waals surface area contributed by atoms with Crippen molar-refractivity contribution in [2.24, 2.45) is 0 Å². The number of hydrogen-bond donors (Lipinski definition) is 1. The molecule has 0 aromatic carbocycles. The van der Waals surface area contributed by atoms with E-state index >= 15 is 0 Å². The molecular formula is C12H19ClN2O2S. The second-order valence-electron chi connectivity index (χ2n) is 4.67. The molecule has 0 aliphatic carbocycles. The van der Waals surface area contributed by atoms with Gasteiger partial charge in [-0.15, -0.1) is 11.6 Å². The average molecular weight is 291 g/mol. The molecule has 18 heavy (non-hydrogen) atoms. The number of rotatable bonds is 4. The third kappa shape index (κ3) is 2.58. The Hall–Kier alpha value is -0.520. The van der Waals surface area contributed by atoms with Gasteiger partial charge < -0.3 is 4.98 Å². The predicted octanol–water partition coefficient (Wildman–Crippen LogP) is 2.71. The van der Waals surface area contributed by atoms with Crippen LogP contribution < -0.4 is 0 Å². The molecule has 0 amide bonds. The molecule has 1 aromatic heterocycles. The van der Waals surface area contributed by atoms with E-state index in [0.29, 0.717) is 17.3 Å². The highest BCUT2D eigenvalue weighted by atomic mass is 35.5.